The van der Waals surface area contributed by atoms with E-state index in [4.69, 9.17) is 4.99 Å². The van der Waals surface area contributed by atoms with Crippen LogP contribution in [-0.4, -0.2) is 72.6 Å². The van der Waals surface area contributed by atoms with E-state index in [0.717, 1.165) is 37.4 Å². The molecule has 2 rings (SSSR count). The molecule has 0 aromatic heterocycles. The van der Waals surface area contributed by atoms with Gasteiger partial charge in [-0.15, -0.1) is 0 Å². The van der Waals surface area contributed by atoms with Gasteiger partial charge in [-0.25, -0.2) is 0 Å². The summed E-state index contributed by atoms with van der Waals surface area (Å²) in [6, 6.07) is 0. The molecule has 0 saturated carbocycles. The monoisotopic (exact) mass is 326 g/mol. The normalized spacial score (nSPS) is 24.0. The summed E-state index contributed by atoms with van der Waals surface area (Å²) in [5.41, 5.74) is 0. The van der Waals surface area contributed by atoms with Gasteiger partial charge in [-0.05, 0) is 58.7 Å². The molecule has 0 amide bonds. The second kappa shape index (κ2) is 10.4. The van der Waals surface area contributed by atoms with Gasteiger partial charge in [-0.3, -0.25) is 4.99 Å². The molecule has 5 heteroatoms. The summed E-state index contributed by atoms with van der Waals surface area (Å²) >= 11 is 2.12. The molecule has 2 saturated heterocycles. The highest BCUT2D eigenvalue weighted by atomic mass is 32.2. The van der Waals surface area contributed by atoms with E-state index in [1.165, 1.54) is 57.5 Å². The third-order valence-corrected chi connectivity index (χ3v) is 5.94. The van der Waals surface area contributed by atoms with Crippen molar-refractivity contribution in [3.63, 3.8) is 0 Å². The van der Waals surface area contributed by atoms with Gasteiger partial charge in [0.2, 0.25) is 0 Å². The first-order valence-corrected chi connectivity index (χ1v) is 10.3. The zero-order valence-electron chi connectivity index (χ0n) is 14.5. The number of nitrogens with zero attached hydrogens (tertiary/aromatic N) is 3. The summed E-state index contributed by atoms with van der Waals surface area (Å²) in [7, 11) is 0. The lowest BCUT2D eigenvalue weighted by Gasteiger charge is -2.34. The minimum Gasteiger partial charge on any atom is -0.357 e. The highest BCUT2D eigenvalue weighted by molar-refractivity contribution is 8.00. The maximum Gasteiger partial charge on any atom is 0.193 e. The third kappa shape index (κ3) is 5.99. The lowest BCUT2D eigenvalue weighted by atomic mass is 10.3. The Labute approximate surface area is 141 Å². The fourth-order valence-corrected chi connectivity index (χ4v) is 4.40. The van der Waals surface area contributed by atoms with Crippen molar-refractivity contribution in [1.29, 1.82) is 0 Å². The van der Waals surface area contributed by atoms with Crippen LogP contribution >= 0.6 is 11.8 Å². The summed E-state index contributed by atoms with van der Waals surface area (Å²) < 4.78 is 0. The highest BCUT2D eigenvalue weighted by Gasteiger charge is 2.21. The van der Waals surface area contributed by atoms with Gasteiger partial charge in [0.25, 0.3) is 0 Å². The van der Waals surface area contributed by atoms with Gasteiger partial charge < -0.3 is 15.1 Å². The Morgan fingerprint density at radius 2 is 2.00 bits per heavy atom. The molecule has 2 aliphatic rings. The van der Waals surface area contributed by atoms with E-state index in [1.54, 1.807) is 0 Å². The number of hydrogen-bond donors (Lipinski definition) is 1. The minimum atomic E-state index is 0.771. The van der Waals surface area contributed by atoms with Gasteiger partial charge in [0.05, 0.1) is 0 Å². The molecule has 2 heterocycles. The van der Waals surface area contributed by atoms with Crippen LogP contribution in [0.15, 0.2) is 4.99 Å². The molecule has 0 aromatic rings. The molecule has 0 spiro atoms. The second-order valence-corrected chi connectivity index (χ2v) is 7.75. The molecule has 0 aliphatic carbocycles. The Balaban J connectivity index is 1.71. The van der Waals surface area contributed by atoms with Gasteiger partial charge in [0.1, 0.15) is 0 Å². The lowest BCUT2D eigenvalue weighted by molar-refractivity contribution is 0.331. The van der Waals surface area contributed by atoms with E-state index >= 15 is 0 Å². The van der Waals surface area contributed by atoms with Crippen molar-refractivity contribution in [2.24, 2.45) is 4.99 Å². The number of likely N-dealkylation sites (tertiary alicyclic amines) is 1. The van der Waals surface area contributed by atoms with E-state index in [-0.39, 0.29) is 0 Å². The molecule has 1 unspecified atom stereocenters. The molecule has 1 atom stereocenters. The molecule has 2 fully saturated rings. The van der Waals surface area contributed by atoms with E-state index < -0.39 is 0 Å². The number of hydrogen-bond acceptors (Lipinski definition) is 3. The van der Waals surface area contributed by atoms with Crippen molar-refractivity contribution in [3.05, 3.63) is 0 Å². The summed E-state index contributed by atoms with van der Waals surface area (Å²) in [4.78, 5) is 9.94. The van der Waals surface area contributed by atoms with Crippen LogP contribution in [0.25, 0.3) is 0 Å². The van der Waals surface area contributed by atoms with Crippen molar-refractivity contribution >= 4 is 17.7 Å². The van der Waals surface area contributed by atoms with Gasteiger partial charge in [-0.2, -0.15) is 11.8 Å². The maximum absolute atomic E-state index is 4.87. The SMILES string of the molecule is CCNC(=NCCCCN1CCCC1)N1CCSC(CC)C1. The zero-order chi connectivity index (χ0) is 15.6. The Bertz CT molecular complexity index is 329. The van der Waals surface area contributed by atoms with Crippen molar-refractivity contribution in [3.8, 4) is 0 Å². The number of aliphatic imine (C=N–C) groups is 1. The largest absolute Gasteiger partial charge is 0.357 e. The lowest BCUT2D eigenvalue weighted by Crippen LogP contribution is -2.48. The summed E-state index contributed by atoms with van der Waals surface area (Å²) in [5.74, 6) is 2.38. The molecule has 22 heavy (non-hydrogen) atoms. The first kappa shape index (κ1) is 17.9. The van der Waals surface area contributed by atoms with Crippen LogP contribution in [0.1, 0.15) is 46.0 Å². The average Bonchev–Trinajstić information content (AvgIpc) is 3.07. The van der Waals surface area contributed by atoms with E-state index in [2.05, 4.69) is 40.7 Å². The molecule has 0 bridgehead atoms. The fourth-order valence-electron chi connectivity index (χ4n) is 3.22. The van der Waals surface area contributed by atoms with Crippen LogP contribution in [0, 0.1) is 0 Å². The van der Waals surface area contributed by atoms with Crippen LogP contribution in [-0.2, 0) is 0 Å². The Morgan fingerprint density at radius 1 is 1.18 bits per heavy atom. The van der Waals surface area contributed by atoms with Crippen LogP contribution in [0.4, 0.5) is 0 Å². The summed E-state index contributed by atoms with van der Waals surface area (Å²) in [6.07, 6.45) is 6.56. The van der Waals surface area contributed by atoms with Crippen molar-refractivity contribution in [2.45, 2.75) is 51.2 Å². The first-order chi connectivity index (χ1) is 10.8. The zero-order valence-corrected chi connectivity index (χ0v) is 15.3. The smallest absolute Gasteiger partial charge is 0.193 e. The number of rotatable bonds is 7. The Hall–Kier alpha value is -0.420. The molecular formula is C17H34N4S. The van der Waals surface area contributed by atoms with E-state index in [1.807, 2.05) is 0 Å². The number of guanidine groups is 1. The van der Waals surface area contributed by atoms with Crippen molar-refractivity contribution < 1.29 is 0 Å². The molecular weight excluding hydrogens is 292 g/mol. The third-order valence-electron chi connectivity index (χ3n) is 4.57. The molecule has 0 radical (unpaired) electrons. The number of nitrogens with one attached hydrogen (secondary N) is 1. The van der Waals surface area contributed by atoms with Crippen molar-refractivity contribution in [1.82, 2.24) is 15.1 Å². The van der Waals surface area contributed by atoms with Gasteiger partial charge >= 0.3 is 0 Å². The Kier molecular flexibility index (Phi) is 8.45. The fraction of sp³-hybridized carbons (Fsp3) is 0.941. The van der Waals surface area contributed by atoms with Crippen LogP contribution in [0.2, 0.25) is 0 Å². The van der Waals surface area contributed by atoms with E-state index in [9.17, 15) is 0 Å². The van der Waals surface area contributed by atoms with Crippen LogP contribution in [0.5, 0.6) is 0 Å². The highest BCUT2D eigenvalue weighted by Crippen LogP contribution is 2.21. The Morgan fingerprint density at radius 3 is 2.73 bits per heavy atom. The topological polar surface area (TPSA) is 30.9 Å². The van der Waals surface area contributed by atoms with Gasteiger partial charge in [-0.1, -0.05) is 6.92 Å². The average molecular weight is 327 g/mol. The van der Waals surface area contributed by atoms with Gasteiger partial charge in [0, 0.05) is 37.2 Å². The summed E-state index contributed by atoms with van der Waals surface area (Å²) in [6.45, 7) is 12.6. The molecule has 0 aromatic carbocycles. The summed E-state index contributed by atoms with van der Waals surface area (Å²) in [5, 5.41) is 4.26. The number of thioether (sulfide) groups is 1. The molecule has 128 valence electrons. The molecule has 4 nitrogen and oxygen atoms in total. The van der Waals surface area contributed by atoms with E-state index in [0.29, 0.717) is 0 Å². The predicted octanol–water partition coefficient (Wildman–Crippen LogP) is 2.66. The van der Waals surface area contributed by atoms with Gasteiger partial charge in [0.15, 0.2) is 5.96 Å². The predicted molar refractivity (Wildman–Crippen MR) is 99.0 cm³/mol. The van der Waals surface area contributed by atoms with Crippen LogP contribution in [0.3, 0.4) is 0 Å². The maximum atomic E-state index is 4.87. The number of unbranched alkanes of at least 4 members (excludes halogenated alkanes) is 1. The minimum absolute atomic E-state index is 0.771. The standard InChI is InChI=1S/C17H34N4S/c1-3-16-15-21(13-14-22-16)17(18-4-2)19-9-5-6-10-20-11-7-8-12-20/h16H,3-15H2,1-2H3,(H,18,19). The quantitative estimate of drug-likeness (QED) is 0.443. The second-order valence-electron chi connectivity index (χ2n) is 6.34. The molecule has 1 N–H and O–H groups in total. The first-order valence-electron chi connectivity index (χ1n) is 9.20. The van der Waals surface area contributed by atoms with Crippen molar-refractivity contribution in [2.75, 3.05) is 51.6 Å². The van der Waals surface area contributed by atoms with Crippen LogP contribution < -0.4 is 5.32 Å². The molecule has 2 aliphatic heterocycles.